The van der Waals surface area contributed by atoms with Gasteiger partial charge in [0.1, 0.15) is 0 Å². The molecule has 0 unspecified atom stereocenters. The molecule has 1 aromatic heterocycles. The number of nitrogens with two attached hydrogens (primary N) is 1. The van der Waals surface area contributed by atoms with Crippen LogP contribution in [0.25, 0.3) is 5.69 Å². The van der Waals surface area contributed by atoms with E-state index < -0.39 is 5.54 Å². The highest BCUT2D eigenvalue weighted by atomic mass is 16.1. The lowest BCUT2D eigenvalue weighted by Crippen LogP contribution is -2.57. The van der Waals surface area contributed by atoms with E-state index in [4.69, 9.17) is 5.73 Å². The SMILES string of the molecule is Cc1cc(-n2ccnc2)ccc1CN1CCCC[C@]1(C)C(N)=O. The average molecular weight is 312 g/mol. The van der Waals surface area contributed by atoms with Gasteiger partial charge in [-0.2, -0.15) is 0 Å². The Bertz CT molecular complexity index is 695. The van der Waals surface area contributed by atoms with Crippen LogP contribution in [0.1, 0.15) is 37.3 Å². The number of imidazole rings is 1. The van der Waals surface area contributed by atoms with Gasteiger partial charge in [-0.25, -0.2) is 4.98 Å². The number of aryl methyl sites for hydroxylation is 1. The highest BCUT2D eigenvalue weighted by Crippen LogP contribution is 2.30. The number of piperidine rings is 1. The third kappa shape index (κ3) is 3.01. The third-order valence-corrected chi connectivity index (χ3v) is 5.06. The first-order valence-corrected chi connectivity index (χ1v) is 8.13. The molecule has 0 saturated carbocycles. The molecule has 5 heteroatoms. The van der Waals surface area contributed by atoms with Gasteiger partial charge in [0.2, 0.25) is 5.91 Å². The first kappa shape index (κ1) is 15.7. The van der Waals surface area contributed by atoms with Crippen molar-refractivity contribution >= 4 is 5.91 Å². The fourth-order valence-corrected chi connectivity index (χ4v) is 3.34. The molecule has 122 valence electrons. The second-order valence-corrected chi connectivity index (χ2v) is 6.60. The van der Waals surface area contributed by atoms with Crippen LogP contribution < -0.4 is 5.73 Å². The van der Waals surface area contributed by atoms with Crippen LogP contribution in [0.4, 0.5) is 0 Å². The smallest absolute Gasteiger partial charge is 0.237 e. The maximum atomic E-state index is 11.9. The Balaban J connectivity index is 1.83. The summed E-state index contributed by atoms with van der Waals surface area (Å²) in [6, 6.07) is 6.39. The molecule has 2 N–H and O–H groups in total. The number of carbonyl (C=O) groups excluding carboxylic acids is 1. The number of rotatable bonds is 4. The molecule has 1 aliphatic rings. The highest BCUT2D eigenvalue weighted by Gasteiger charge is 2.39. The monoisotopic (exact) mass is 312 g/mol. The van der Waals surface area contributed by atoms with Crippen molar-refractivity contribution in [2.75, 3.05) is 6.54 Å². The summed E-state index contributed by atoms with van der Waals surface area (Å²) in [7, 11) is 0. The molecule has 2 aromatic rings. The predicted molar refractivity (Wildman–Crippen MR) is 90.2 cm³/mol. The quantitative estimate of drug-likeness (QED) is 0.943. The molecule has 1 aliphatic heterocycles. The minimum absolute atomic E-state index is 0.218. The van der Waals surface area contributed by atoms with E-state index in [9.17, 15) is 4.79 Å². The van der Waals surface area contributed by atoms with Gasteiger partial charge in [0.05, 0.1) is 11.9 Å². The number of nitrogens with zero attached hydrogens (tertiary/aromatic N) is 3. The van der Waals surface area contributed by atoms with Gasteiger partial charge in [0, 0.05) is 24.6 Å². The molecule has 1 atom stereocenters. The zero-order chi connectivity index (χ0) is 16.4. The van der Waals surface area contributed by atoms with Crippen molar-refractivity contribution < 1.29 is 4.79 Å². The largest absolute Gasteiger partial charge is 0.368 e. The summed E-state index contributed by atoms with van der Waals surface area (Å²) in [4.78, 5) is 18.3. The minimum Gasteiger partial charge on any atom is -0.368 e. The van der Waals surface area contributed by atoms with E-state index in [2.05, 4.69) is 35.0 Å². The lowest BCUT2D eigenvalue weighted by atomic mass is 9.87. The van der Waals surface area contributed by atoms with Crippen LogP contribution in [-0.2, 0) is 11.3 Å². The van der Waals surface area contributed by atoms with Gasteiger partial charge in [0.25, 0.3) is 0 Å². The molecular formula is C18H24N4O. The van der Waals surface area contributed by atoms with Crippen LogP contribution >= 0.6 is 0 Å². The van der Waals surface area contributed by atoms with E-state index in [-0.39, 0.29) is 5.91 Å². The Kier molecular flexibility index (Phi) is 4.22. The van der Waals surface area contributed by atoms with E-state index in [1.807, 2.05) is 17.7 Å². The van der Waals surface area contributed by atoms with Crippen LogP contribution in [0.15, 0.2) is 36.9 Å². The lowest BCUT2D eigenvalue weighted by Gasteiger charge is -2.42. The number of benzene rings is 1. The molecule has 0 bridgehead atoms. The third-order valence-electron chi connectivity index (χ3n) is 5.06. The molecule has 1 aromatic carbocycles. The first-order valence-electron chi connectivity index (χ1n) is 8.13. The van der Waals surface area contributed by atoms with Gasteiger partial charge < -0.3 is 10.3 Å². The summed E-state index contributed by atoms with van der Waals surface area (Å²) in [6.07, 6.45) is 8.53. The summed E-state index contributed by atoms with van der Waals surface area (Å²) in [5.41, 5.74) is 8.70. The van der Waals surface area contributed by atoms with Gasteiger partial charge in [0.15, 0.2) is 0 Å². The predicted octanol–water partition coefficient (Wildman–Crippen LogP) is 2.41. The topological polar surface area (TPSA) is 64.2 Å². The molecular weight excluding hydrogens is 288 g/mol. The van der Waals surface area contributed by atoms with Crippen LogP contribution in [0.2, 0.25) is 0 Å². The average Bonchev–Trinajstić information content (AvgIpc) is 3.05. The van der Waals surface area contributed by atoms with Crippen molar-refractivity contribution in [3.63, 3.8) is 0 Å². The number of likely N-dealkylation sites (tertiary alicyclic amines) is 1. The zero-order valence-corrected chi connectivity index (χ0v) is 13.8. The Morgan fingerprint density at radius 2 is 2.22 bits per heavy atom. The summed E-state index contributed by atoms with van der Waals surface area (Å²) in [5.74, 6) is -0.218. The Labute approximate surface area is 137 Å². The second-order valence-electron chi connectivity index (χ2n) is 6.60. The van der Waals surface area contributed by atoms with Crippen molar-refractivity contribution in [3.8, 4) is 5.69 Å². The standard InChI is InChI=1S/C18H24N4O/c1-14-11-16(21-10-8-20-13-21)6-5-15(14)12-22-9-4-3-7-18(22,2)17(19)23/h5-6,8,10-11,13H,3-4,7,9,12H2,1-2H3,(H2,19,23)/t18-/m1/s1. The fourth-order valence-electron chi connectivity index (χ4n) is 3.34. The molecule has 0 spiro atoms. The maximum absolute atomic E-state index is 11.9. The van der Waals surface area contributed by atoms with Crippen molar-refractivity contribution in [2.45, 2.75) is 45.2 Å². The van der Waals surface area contributed by atoms with Crippen LogP contribution in [0.5, 0.6) is 0 Å². The number of hydrogen-bond donors (Lipinski definition) is 1. The van der Waals surface area contributed by atoms with Crippen LogP contribution in [-0.4, -0.2) is 32.4 Å². The van der Waals surface area contributed by atoms with E-state index >= 15 is 0 Å². The van der Waals surface area contributed by atoms with Gasteiger partial charge in [-0.05, 0) is 62.9 Å². The summed E-state index contributed by atoms with van der Waals surface area (Å²) < 4.78 is 1.99. The van der Waals surface area contributed by atoms with Crippen molar-refractivity contribution in [1.82, 2.24) is 14.5 Å². The first-order chi connectivity index (χ1) is 11.0. The molecule has 1 fully saturated rings. The van der Waals surface area contributed by atoms with Crippen LogP contribution in [0, 0.1) is 6.92 Å². The minimum atomic E-state index is -0.534. The van der Waals surface area contributed by atoms with E-state index in [0.29, 0.717) is 0 Å². The van der Waals surface area contributed by atoms with E-state index in [1.54, 1.807) is 12.5 Å². The number of carbonyl (C=O) groups is 1. The maximum Gasteiger partial charge on any atom is 0.237 e. The molecule has 1 saturated heterocycles. The number of aromatic nitrogens is 2. The normalized spacial score (nSPS) is 22.2. The Morgan fingerprint density at radius 1 is 1.39 bits per heavy atom. The van der Waals surface area contributed by atoms with Gasteiger partial charge in [-0.1, -0.05) is 6.07 Å². The highest BCUT2D eigenvalue weighted by molar-refractivity contribution is 5.84. The number of amides is 1. The zero-order valence-electron chi connectivity index (χ0n) is 13.8. The Morgan fingerprint density at radius 3 is 2.87 bits per heavy atom. The van der Waals surface area contributed by atoms with Crippen LogP contribution in [0.3, 0.4) is 0 Å². The van der Waals surface area contributed by atoms with Crippen molar-refractivity contribution in [2.24, 2.45) is 5.73 Å². The van der Waals surface area contributed by atoms with Gasteiger partial charge in [-0.3, -0.25) is 9.69 Å². The number of hydrogen-bond acceptors (Lipinski definition) is 3. The summed E-state index contributed by atoms with van der Waals surface area (Å²) in [5, 5.41) is 0. The fraction of sp³-hybridized carbons (Fsp3) is 0.444. The molecule has 2 heterocycles. The van der Waals surface area contributed by atoms with Crippen molar-refractivity contribution in [1.29, 1.82) is 0 Å². The van der Waals surface area contributed by atoms with E-state index in [1.165, 1.54) is 11.1 Å². The lowest BCUT2D eigenvalue weighted by molar-refractivity contribution is -0.132. The molecule has 1 amide bonds. The Hall–Kier alpha value is -2.14. The molecule has 3 rings (SSSR count). The molecule has 0 aliphatic carbocycles. The second kappa shape index (κ2) is 6.16. The van der Waals surface area contributed by atoms with E-state index in [0.717, 1.165) is 38.0 Å². The summed E-state index contributed by atoms with van der Waals surface area (Å²) >= 11 is 0. The number of primary amides is 1. The summed E-state index contributed by atoms with van der Waals surface area (Å²) in [6.45, 7) is 5.77. The van der Waals surface area contributed by atoms with Gasteiger partial charge in [-0.15, -0.1) is 0 Å². The van der Waals surface area contributed by atoms with Gasteiger partial charge >= 0.3 is 0 Å². The molecule has 0 radical (unpaired) electrons. The molecule has 23 heavy (non-hydrogen) atoms. The molecule has 5 nitrogen and oxygen atoms in total. The van der Waals surface area contributed by atoms with Crippen molar-refractivity contribution in [3.05, 3.63) is 48.0 Å².